The molecule has 8 N–H and O–H groups in total. The zero-order valence-corrected chi connectivity index (χ0v) is 9.66. The van der Waals surface area contributed by atoms with Crippen molar-refractivity contribution in [3.63, 3.8) is 0 Å². The van der Waals surface area contributed by atoms with Crippen LogP contribution in [0.4, 0.5) is 0 Å². The average molecular weight is 238 g/mol. The lowest BCUT2D eigenvalue weighted by Gasteiger charge is -1.90. The predicted octanol–water partition coefficient (Wildman–Crippen LogP) is 1.97. The Morgan fingerprint density at radius 2 is 1.00 bits per heavy atom. The first-order chi connectivity index (χ1) is 5.79. The van der Waals surface area contributed by atoms with E-state index in [0.717, 1.165) is 0 Å². The molecule has 0 saturated carbocycles. The maximum Gasteiger partial charge on any atom is 0.394 e. The lowest BCUT2D eigenvalue weighted by Crippen LogP contribution is -1.89. The normalized spacial score (nSPS) is 8.80. The highest BCUT2D eigenvalue weighted by atomic mass is 32.3. The van der Waals surface area contributed by atoms with E-state index < -0.39 is 10.4 Å². The molecule has 1 aromatic rings. The maximum absolute atomic E-state index is 8.74. The summed E-state index contributed by atoms with van der Waals surface area (Å²) in [6, 6.07) is 8.48. The van der Waals surface area contributed by atoms with Gasteiger partial charge in [0.05, 0.1) is 0 Å². The molecule has 0 aliphatic rings. The zero-order valence-electron chi connectivity index (χ0n) is 8.84. The van der Waals surface area contributed by atoms with Crippen molar-refractivity contribution in [1.29, 1.82) is 0 Å². The highest BCUT2D eigenvalue weighted by Gasteiger charge is 1.84. The van der Waals surface area contributed by atoms with Crippen LogP contribution in [0.3, 0.4) is 0 Å². The predicted molar refractivity (Wildman–Crippen MR) is 60.1 cm³/mol. The van der Waals surface area contributed by atoms with Crippen molar-refractivity contribution in [1.82, 2.24) is 12.3 Å². The Labute approximate surface area is 90.1 Å². The molecule has 90 valence electrons. The molecular formula is C8H18N2O4S. The number of aryl methyl sites for hydroxylation is 2. The summed E-state index contributed by atoms with van der Waals surface area (Å²) in [5.74, 6) is 0. The van der Waals surface area contributed by atoms with Crippen LogP contribution in [0.1, 0.15) is 11.1 Å². The van der Waals surface area contributed by atoms with Crippen molar-refractivity contribution in [3.8, 4) is 0 Å². The molecule has 0 bridgehead atoms. The number of rotatable bonds is 0. The standard InChI is InChI=1S/C8H10.2H3N.H2O4S/c1-7-3-5-8(2)6-4-7;;;1-5(2,3)4/h3-6H,1-2H3;2*1H3;(H2,1,2,3,4). The van der Waals surface area contributed by atoms with Crippen molar-refractivity contribution in [3.05, 3.63) is 35.4 Å². The molecule has 0 amide bonds. The lowest BCUT2D eigenvalue weighted by atomic mass is 10.2. The SMILES string of the molecule is Cc1ccc(C)cc1.N.N.O=S(=O)(O)O. The van der Waals surface area contributed by atoms with Crippen molar-refractivity contribution < 1.29 is 17.5 Å². The molecule has 0 radical (unpaired) electrons. The van der Waals surface area contributed by atoms with Crippen molar-refractivity contribution in [2.75, 3.05) is 0 Å². The van der Waals surface area contributed by atoms with E-state index in [0.29, 0.717) is 0 Å². The second-order valence-corrected chi connectivity index (χ2v) is 3.50. The summed E-state index contributed by atoms with van der Waals surface area (Å²) in [6.07, 6.45) is 0. The molecule has 1 aromatic carbocycles. The van der Waals surface area contributed by atoms with E-state index in [-0.39, 0.29) is 12.3 Å². The lowest BCUT2D eigenvalue weighted by molar-refractivity contribution is 0.381. The summed E-state index contributed by atoms with van der Waals surface area (Å²) in [7, 11) is -4.67. The number of benzene rings is 1. The van der Waals surface area contributed by atoms with E-state index >= 15 is 0 Å². The van der Waals surface area contributed by atoms with Crippen LogP contribution in [-0.2, 0) is 10.4 Å². The number of hydrogen-bond acceptors (Lipinski definition) is 4. The van der Waals surface area contributed by atoms with Gasteiger partial charge in [-0.3, -0.25) is 9.11 Å². The minimum absolute atomic E-state index is 0. The van der Waals surface area contributed by atoms with Gasteiger partial charge in [0, 0.05) is 0 Å². The Kier molecular flexibility index (Phi) is 10.9. The van der Waals surface area contributed by atoms with Gasteiger partial charge >= 0.3 is 10.4 Å². The second-order valence-electron chi connectivity index (χ2n) is 2.60. The van der Waals surface area contributed by atoms with Crippen molar-refractivity contribution >= 4 is 10.4 Å². The molecule has 6 nitrogen and oxygen atoms in total. The third-order valence-corrected chi connectivity index (χ3v) is 1.22. The minimum Gasteiger partial charge on any atom is -0.344 e. The second kappa shape index (κ2) is 8.33. The molecule has 0 spiro atoms. The van der Waals surface area contributed by atoms with Crippen LogP contribution in [0.2, 0.25) is 0 Å². The summed E-state index contributed by atoms with van der Waals surface area (Å²) >= 11 is 0. The van der Waals surface area contributed by atoms with Gasteiger partial charge in [-0.15, -0.1) is 0 Å². The van der Waals surface area contributed by atoms with E-state index in [4.69, 9.17) is 17.5 Å². The van der Waals surface area contributed by atoms with Crippen molar-refractivity contribution in [2.24, 2.45) is 0 Å². The van der Waals surface area contributed by atoms with Gasteiger partial charge in [0.15, 0.2) is 0 Å². The van der Waals surface area contributed by atoms with Crippen LogP contribution >= 0.6 is 0 Å². The first kappa shape index (κ1) is 19.6. The monoisotopic (exact) mass is 238 g/mol. The first-order valence-electron chi connectivity index (χ1n) is 3.52. The summed E-state index contributed by atoms with van der Waals surface area (Å²) in [6.45, 7) is 4.19. The van der Waals surface area contributed by atoms with Gasteiger partial charge in [-0.1, -0.05) is 35.4 Å². The van der Waals surface area contributed by atoms with Gasteiger partial charge in [0.2, 0.25) is 0 Å². The fourth-order valence-corrected chi connectivity index (χ4v) is 0.637. The van der Waals surface area contributed by atoms with Gasteiger partial charge in [0.25, 0.3) is 0 Å². The van der Waals surface area contributed by atoms with Crippen LogP contribution in [0.25, 0.3) is 0 Å². The molecule has 15 heavy (non-hydrogen) atoms. The molecule has 0 aliphatic carbocycles. The molecule has 0 heterocycles. The van der Waals surface area contributed by atoms with E-state index in [9.17, 15) is 0 Å². The van der Waals surface area contributed by atoms with Crippen LogP contribution < -0.4 is 12.3 Å². The summed E-state index contributed by atoms with van der Waals surface area (Å²) in [5.41, 5.74) is 2.66. The number of hydrogen-bond donors (Lipinski definition) is 4. The average Bonchev–Trinajstić information content (AvgIpc) is 1.92. The van der Waals surface area contributed by atoms with Gasteiger partial charge in [-0.2, -0.15) is 8.42 Å². The highest BCUT2D eigenvalue weighted by molar-refractivity contribution is 7.79. The van der Waals surface area contributed by atoms with E-state index in [2.05, 4.69) is 38.1 Å². The zero-order chi connectivity index (χ0) is 10.5. The molecule has 1 rings (SSSR count). The summed E-state index contributed by atoms with van der Waals surface area (Å²) in [5, 5.41) is 0. The Hall–Kier alpha value is -0.990. The largest absolute Gasteiger partial charge is 0.394 e. The van der Waals surface area contributed by atoms with Crippen LogP contribution in [0, 0.1) is 13.8 Å². The highest BCUT2D eigenvalue weighted by Crippen LogP contribution is 1.99. The topological polar surface area (TPSA) is 145 Å². The Bertz CT molecular complexity index is 318. The van der Waals surface area contributed by atoms with Gasteiger partial charge in [0.1, 0.15) is 0 Å². The van der Waals surface area contributed by atoms with Gasteiger partial charge in [-0.05, 0) is 13.8 Å². The Morgan fingerprint density at radius 3 is 1.13 bits per heavy atom. The molecule has 0 aliphatic heterocycles. The smallest absolute Gasteiger partial charge is 0.344 e. The molecule has 0 fully saturated rings. The fourth-order valence-electron chi connectivity index (χ4n) is 0.637. The first-order valence-corrected chi connectivity index (χ1v) is 4.92. The van der Waals surface area contributed by atoms with E-state index in [1.165, 1.54) is 11.1 Å². The Morgan fingerprint density at radius 1 is 0.867 bits per heavy atom. The van der Waals surface area contributed by atoms with Crippen molar-refractivity contribution in [2.45, 2.75) is 13.8 Å². The molecule has 0 saturated heterocycles. The fraction of sp³-hybridized carbons (Fsp3) is 0.250. The summed E-state index contributed by atoms with van der Waals surface area (Å²) in [4.78, 5) is 0. The van der Waals surface area contributed by atoms with Crippen LogP contribution in [-0.4, -0.2) is 17.5 Å². The maximum atomic E-state index is 8.74. The summed E-state index contributed by atoms with van der Waals surface area (Å²) < 4.78 is 31.6. The third kappa shape index (κ3) is 19.4. The van der Waals surface area contributed by atoms with Gasteiger partial charge in [-0.25, -0.2) is 0 Å². The molecule has 0 unspecified atom stereocenters. The van der Waals surface area contributed by atoms with Crippen LogP contribution in [0.5, 0.6) is 0 Å². The minimum atomic E-state index is -4.67. The van der Waals surface area contributed by atoms with E-state index in [1.54, 1.807) is 0 Å². The van der Waals surface area contributed by atoms with Gasteiger partial charge < -0.3 is 12.3 Å². The molecule has 0 atom stereocenters. The Balaban J connectivity index is -0.000000185. The third-order valence-electron chi connectivity index (χ3n) is 1.22. The molecule has 7 heteroatoms. The molecular weight excluding hydrogens is 220 g/mol. The molecule has 0 aromatic heterocycles. The van der Waals surface area contributed by atoms with Crippen LogP contribution in [0.15, 0.2) is 24.3 Å². The quantitative estimate of drug-likeness (QED) is 0.508. The van der Waals surface area contributed by atoms with E-state index in [1.807, 2.05) is 0 Å².